The van der Waals surface area contributed by atoms with Crippen molar-refractivity contribution in [2.24, 2.45) is 0 Å². The van der Waals surface area contributed by atoms with E-state index < -0.39 is 9.84 Å². The minimum atomic E-state index is -3.34. The molecule has 0 aliphatic heterocycles. The number of sulfone groups is 1. The molecule has 0 radical (unpaired) electrons. The molecule has 3 nitrogen and oxygen atoms in total. The average molecular weight is 296 g/mol. The Morgan fingerprint density at radius 2 is 1.65 bits per heavy atom. The Morgan fingerprint density at radius 3 is 2.25 bits per heavy atom. The van der Waals surface area contributed by atoms with Crippen LogP contribution in [0.25, 0.3) is 0 Å². The van der Waals surface area contributed by atoms with E-state index in [-0.39, 0.29) is 4.90 Å². The molecule has 1 rings (SSSR count). The third-order valence-corrected chi connectivity index (χ3v) is 4.51. The lowest BCUT2D eigenvalue weighted by molar-refractivity contribution is 0.304. The summed E-state index contributed by atoms with van der Waals surface area (Å²) in [7, 11) is -3.34. The molecule has 0 aliphatic rings. The molecule has 0 aromatic heterocycles. The topological polar surface area (TPSA) is 43.4 Å². The van der Waals surface area contributed by atoms with Crippen LogP contribution < -0.4 is 4.74 Å². The van der Waals surface area contributed by atoms with E-state index in [0.29, 0.717) is 12.4 Å². The summed E-state index contributed by atoms with van der Waals surface area (Å²) in [5, 5.41) is 0.958. The third-order valence-electron chi connectivity index (χ3n) is 3.14. The highest BCUT2D eigenvalue weighted by molar-refractivity contribution is 7.94. The Labute approximate surface area is 122 Å². The highest BCUT2D eigenvalue weighted by atomic mass is 32.2. The number of benzene rings is 1. The zero-order valence-corrected chi connectivity index (χ0v) is 13.0. The van der Waals surface area contributed by atoms with Gasteiger partial charge in [0.15, 0.2) is 9.84 Å². The number of rotatable bonds is 10. The van der Waals surface area contributed by atoms with Crippen molar-refractivity contribution in [3.8, 4) is 5.75 Å². The van der Waals surface area contributed by atoms with Gasteiger partial charge in [-0.05, 0) is 30.7 Å². The first-order valence-electron chi connectivity index (χ1n) is 7.20. The molecule has 4 heteroatoms. The molecule has 0 saturated heterocycles. The van der Waals surface area contributed by atoms with Gasteiger partial charge in [0, 0.05) is 5.41 Å². The second-order valence-corrected chi connectivity index (χ2v) is 6.69. The van der Waals surface area contributed by atoms with Crippen molar-refractivity contribution in [2.45, 2.75) is 50.3 Å². The third kappa shape index (κ3) is 5.78. The van der Waals surface area contributed by atoms with Crippen molar-refractivity contribution in [1.82, 2.24) is 0 Å². The van der Waals surface area contributed by atoms with Crippen molar-refractivity contribution < 1.29 is 13.2 Å². The average Bonchev–Trinajstić information content (AvgIpc) is 2.47. The summed E-state index contributed by atoms with van der Waals surface area (Å²) >= 11 is 0. The Hall–Kier alpha value is -1.29. The minimum absolute atomic E-state index is 0.249. The quantitative estimate of drug-likeness (QED) is 0.603. The maximum absolute atomic E-state index is 11.5. The molecule has 112 valence electrons. The lowest BCUT2D eigenvalue weighted by Gasteiger charge is -2.07. The Balaban J connectivity index is 2.30. The highest BCUT2D eigenvalue weighted by Crippen LogP contribution is 2.17. The van der Waals surface area contributed by atoms with Crippen LogP contribution >= 0.6 is 0 Å². The Morgan fingerprint density at radius 1 is 1.05 bits per heavy atom. The summed E-state index contributed by atoms with van der Waals surface area (Å²) in [6.45, 7) is 6.19. The van der Waals surface area contributed by atoms with Crippen LogP contribution in [0.1, 0.15) is 45.4 Å². The van der Waals surface area contributed by atoms with Crippen molar-refractivity contribution >= 4 is 9.84 Å². The van der Waals surface area contributed by atoms with Gasteiger partial charge in [0.05, 0.1) is 11.5 Å². The second kappa shape index (κ2) is 8.80. The van der Waals surface area contributed by atoms with Gasteiger partial charge in [-0.15, -0.1) is 0 Å². The van der Waals surface area contributed by atoms with E-state index in [4.69, 9.17) is 4.74 Å². The second-order valence-electron chi connectivity index (χ2n) is 4.80. The summed E-state index contributed by atoms with van der Waals surface area (Å²) in [5.41, 5.74) is 0. The Kier molecular flexibility index (Phi) is 7.37. The molecule has 0 bridgehead atoms. The first kappa shape index (κ1) is 16.8. The van der Waals surface area contributed by atoms with Gasteiger partial charge in [0.2, 0.25) is 0 Å². The summed E-state index contributed by atoms with van der Waals surface area (Å²) in [4.78, 5) is 0.249. The molecule has 0 unspecified atom stereocenters. The van der Waals surface area contributed by atoms with Crippen molar-refractivity contribution in [3.05, 3.63) is 36.3 Å². The Bertz CT molecular complexity index is 489. The van der Waals surface area contributed by atoms with Gasteiger partial charge >= 0.3 is 0 Å². The molecule has 0 heterocycles. The largest absolute Gasteiger partial charge is 0.494 e. The van der Waals surface area contributed by atoms with Crippen molar-refractivity contribution in [2.75, 3.05) is 6.61 Å². The molecule has 0 N–H and O–H groups in total. The van der Waals surface area contributed by atoms with Crippen LogP contribution in [-0.2, 0) is 9.84 Å². The predicted octanol–water partition coefficient (Wildman–Crippen LogP) is 4.34. The van der Waals surface area contributed by atoms with E-state index in [1.807, 2.05) is 0 Å². The number of ether oxygens (including phenoxy) is 1. The molecule has 0 spiro atoms. The van der Waals surface area contributed by atoms with Crippen LogP contribution in [0.5, 0.6) is 5.75 Å². The molecule has 0 fully saturated rings. The molecule has 20 heavy (non-hydrogen) atoms. The molecule has 0 aliphatic carbocycles. The molecule has 0 amide bonds. The van der Waals surface area contributed by atoms with E-state index in [1.165, 1.54) is 32.1 Å². The fourth-order valence-corrected chi connectivity index (χ4v) is 2.60. The zero-order chi connectivity index (χ0) is 14.8. The summed E-state index contributed by atoms with van der Waals surface area (Å²) < 4.78 is 28.7. The monoisotopic (exact) mass is 296 g/mol. The smallest absolute Gasteiger partial charge is 0.199 e. The maximum atomic E-state index is 11.5. The first-order valence-corrected chi connectivity index (χ1v) is 8.75. The molecular formula is C16H24O3S. The van der Waals surface area contributed by atoms with Gasteiger partial charge in [-0.1, -0.05) is 45.6 Å². The van der Waals surface area contributed by atoms with Gasteiger partial charge in [0.25, 0.3) is 0 Å². The molecule has 1 aromatic rings. The summed E-state index contributed by atoms with van der Waals surface area (Å²) in [6, 6.07) is 6.47. The predicted molar refractivity (Wildman–Crippen MR) is 82.7 cm³/mol. The lowest BCUT2D eigenvalue weighted by atomic mass is 10.1. The standard InChI is InChI=1S/C16H24O3S/c1-3-5-6-7-8-9-14-19-15-10-12-16(13-11-15)20(17,18)4-2/h4,10-13H,2-3,5-9,14H2,1H3. The molecule has 0 saturated carbocycles. The van der Waals surface area contributed by atoms with Gasteiger partial charge in [0.1, 0.15) is 5.75 Å². The molecule has 1 aromatic carbocycles. The number of hydrogen-bond donors (Lipinski definition) is 0. The summed E-state index contributed by atoms with van der Waals surface area (Å²) in [6.07, 6.45) is 7.34. The van der Waals surface area contributed by atoms with Crippen LogP contribution in [0.4, 0.5) is 0 Å². The van der Waals surface area contributed by atoms with Crippen LogP contribution in [0, 0.1) is 0 Å². The van der Waals surface area contributed by atoms with E-state index in [2.05, 4.69) is 13.5 Å². The van der Waals surface area contributed by atoms with E-state index in [9.17, 15) is 8.42 Å². The number of hydrogen-bond acceptors (Lipinski definition) is 3. The van der Waals surface area contributed by atoms with E-state index >= 15 is 0 Å². The molecular weight excluding hydrogens is 272 g/mol. The lowest BCUT2D eigenvalue weighted by Crippen LogP contribution is -1.99. The van der Waals surface area contributed by atoms with Crippen LogP contribution in [0.15, 0.2) is 41.1 Å². The SMILES string of the molecule is C=CS(=O)(=O)c1ccc(OCCCCCCCC)cc1. The van der Waals surface area contributed by atoms with Crippen molar-refractivity contribution in [3.63, 3.8) is 0 Å². The summed E-state index contributed by atoms with van der Waals surface area (Å²) in [5.74, 6) is 0.710. The normalized spacial score (nSPS) is 11.2. The molecule has 0 atom stereocenters. The number of unbranched alkanes of at least 4 members (excludes halogenated alkanes) is 5. The van der Waals surface area contributed by atoms with Crippen LogP contribution in [0.3, 0.4) is 0 Å². The minimum Gasteiger partial charge on any atom is -0.494 e. The van der Waals surface area contributed by atoms with Crippen LogP contribution in [-0.4, -0.2) is 15.0 Å². The fraction of sp³-hybridized carbons (Fsp3) is 0.500. The fourth-order valence-electron chi connectivity index (χ4n) is 1.89. The van der Waals surface area contributed by atoms with Crippen LogP contribution in [0.2, 0.25) is 0 Å². The first-order chi connectivity index (χ1) is 9.60. The van der Waals surface area contributed by atoms with Gasteiger partial charge in [-0.25, -0.2) is 8.42 Å². The maximum Gasteiger partial charge on any atom is 0.199 e. The van der Waals surface area contributed by atoms with E-state index in [0.717, 1.165) is 11.8 Å². The van der Waals surface area contributed by atoms with Gasteiger partial charge in [-0.2, -0.15) is 0 Å². The van der Waals surface area contributed by atoms with Gasteiger partial charge < -0.3 is 4.74 Å². The zero-order valence-electron chi connectivity index (χ0n) is 12.2. The van der Waals surface area contributed by atoms with Crippen molar-refractivity contribution in [1.29, 1.82) is 0 Å². The highest BCUT2D eigenvalue weighted by Gasteiger charge is 2.08. The van der Waals surface area contributed by atoms with Gasteiger partial charge in [-0.3, -0.25) is 0 Å². The van der Waals surface area contributed by atoms with E-state index in [1.54, 1.807) is 24.3 Å².